The molecule has 18 heavy (non-hydrogen) atoms. The van der Waals surface area contributed by atoms with Crippen LogP contribution in [-0.2, 0) is 9.53 Å². The molecule has 0 N–H and O–H groups in total. The molecule has 2 bridgehead atoms. The molecule has 2 nitrogen and oxygen atoms in total. The van der Waals surface area contributed by atoms with E-state index in [0.29, 0.717) is 18.4 Å². The summed E-state index contributed by atoms with van der Waals surface area (Å²) in [5.41, 5.74) is 0.252. The number of terminal acetylenes is 1. The van der Waals surface area contributed by atoms with E-state index in [1.165, 1.54) is 0 Å². The number of fused-ring (bicyclic) bond motifs is 2. The standard InChI is InChI=1S/C16H24O2/c1-6-12(13(17)7-2)16-9-8-14(18-5)15(4,10-16)11(16)3/h1,11-12,14H,7-10H2,2-5H3/t11-,12-,14+,15?,16?/m0/s1. The topological polar surface area (TPSA) is 26.3 Å². The lowest BCUT2D eigenvalue weighted by molar-refractivity contribution is -0.235. The summed E-state index contributed by atoms with van der Waals surface area (Å²) in [6.07, 6.45) is 9.64. The van der Waals surface area contributed by atoms with E-state index in [2.05, 4.69) is 19.8 Å². The molecule has 0 aromatic rings. The van der Waals surface area contributed by atoms with Crippen LogP contribution in [0.5, 0.6) is 0 Å². The quantitative estimate of drug-likeness (QED) is 0.715. The van der Waals surface area contributed by atoms with Gasteiger partial charge in [0.05, 0.1) is 12.0 Å². The van der Waals surface area contributed by atoms with Crippen LogP contribution < -0.4 is 0 Å². The van der Waals surface area contributed by atoms with Gasteiger partial charge in [-0.05, 0) is 36.0 Å². The molecule has 2 unspecified atom stereocenters. The summed E-state index contributed by atoms with van der Waals surface area (Å²) in [6, 6.07) is 0. The highest BCUT2D eigenvalue weighted by Gasteiger charge is 2.67. The van der Waals surface area contributed by atoms with Crippen LogP contribution in [0.2, 0.25) is 0 Å². The molecule has 3 aliphatic carbocycles. The van der Waals surface area contributed by atoms with Gasteiger partial charge in [0.25, 0.3) is 0 Å². The highest BCUT2D eigenvalue weighted by atomic mass is 16.5. The minimum atomic E-state index is -0.191. The zero-order valence-corrected chi connectivity index (χ0v) is 12.0. The minimum Gasteiger partial charge on any atom is -0.381 e. The molecular formula is C16H24O2. The number of ketones is 1. The highest BCUT2D eigenvalue weighted by molar-refractivity contribution is 5.84. The fraction of sp³-hybridized carbons (Fsp3) is 0.812. The van der Waals surface area contributed by atoms with Crippen LogP contribution in [0.1, 0.15) is 46.5 Å². The number of hydrogen-bond donors (Lipinski definition) is 0. The van der Waals surface area contributed by atoms with Gasteiger partial charge >= 0.3 is 0 Å². The van der Waals surface area contributed by atoms with Crippen LogP contribution in [0, 0.1) is 35.0 Å². The summed E-state index contributed by atoms with van der Waals surface area (Å²) >= 11 is 0. The third-order valence-corrected chi connectivity index (χ3v) is 5.87. The predicted octanol–water partition coefficient (Wildman–Crippen LogP) is 3.06. The van der Waals surface area contributed by atoms with Gasteiger partial charge in [-0.3, -0.25) is 4.79 Å². The number of ether oxygens (including phenoxy) is 1. The average Bonchev–Trinajstić information content (AvgIpc) is 2.38. The van der Waals surface area contributed by atoms with E-state index in [1.54, 1.807) is 7.11 Å². The summed E-state index contributed by atoms with van der Waals surface area (Å²) in [5.74, 6) is 3.31. The van der Waals surface area contributed by atoms with Crippen molar-refractivity contribution in [1.29, 1.82) is 0 Å². The molecule has 0 amide bonds. The van der Waals surface area contributed by atoms with Crippen molar-refractivity contribution in [2.75, 3.05) is 7.11 Å². The van der Waals surface area contributed by atoms with E-state index in [-0.39, 0.29) is 22.5 Å². The Hall–Kier alpha value is -0.810. The van der Waals surface area contributed by atoms with Crippen LogP contribution in [0.15, 0.2) is 0 Å². The van der Waals surface area contributed by atoms with Crippen LogP contribution in [0.3, 0.4) is 0 Å². The van der Waals surface area contributed by atoms with E-state index in [1.807, 2.05) is 6.92 Å². The van der Waals surface area contributed by atoms with Gasteiger partial charge in [-0.1, -0.05) is 26.7 Å². The highest BCUT2D eigenvalue weighted by Crippen LogP contribution is 2.70. The smallest absolute Gasteiger partial charge is 0.148 e. The lowest BCUT2D eigenvalue weighted by Crippen LogP contribution is -2.66. The molecule has 3 fully saturated rings. The zero-order valence-electron chi connectivity index (χ0n) is 12.0. The van der Waals surface area contributed by atoms with E-state index in [4.69, 9.17) is 11.2 Å². The van der Waals surface area contributed by atoms with E-state index >= 15 is 0 Å². The molecule has 0 saturated heterocycles. The first kappa shape index (κ1) is 13.6. The average molecular weight is 248 g/mol. The normalized spacial score (nSPS) is 43.7. The van der Waals surface area contributed by atoms with Gasteiger partial charge in [0.15, 0.2) is 0 Å². The molecule has 5 atom stereocenters. The molecule has 0 radical (unpaired) electrons. The second kappa shape index (κ2) is 4.38. The Labute approximate surface area is 110 Å². The number of Topliss-reactive ketones (excluding diaryl/α,β-unsaturated/α-hetero) is 1. The third-order valence-electron chi connectivity index (χ3n) is 5.87. The Morgan fingerprint density at radius 1 is 1.61 bits per heavy atom. The Kier molecular flexibility index (Phi) is 3.32. The maximum absolute atomic E-state index is 12.1. The van der Waals surface area contributed by atoms with E-state index < -0.39 is 0 Å². The maximum Gasteiger partial charge on any atom is 0.148 e. The second-order valence-corrected chi connectivity index (χ2v) is 6.32. The van der Waals surface area contributed by atoms with Crippen LogP contribution in [0.4, 0.5) is 0 Å². The Morgan fingerprint density at radius 2 is 2.28 bits per heavy atom. The van der Waals surface area contributed by atoms with Gasteiger partial charge in [-0.2, -0.15) is 0 Å². The van der Waals surface area contributed by atoms with Gasteiger partial charge < -0.3 is 4.74 Å². The molecule has 0 spiro atoms. The van der Waals surface area contributed by atoms with Crippen molar-refractivity contribution in [3.8, 4) is 12.3 Å². The molecule has 2 heteroatoms. The van der Waals surface area contributed by atoms with Crippen molar-refractivity contribution in [1.82, 2.24) is 0 Å². The zero-order chi connectivity index (χ0) is 13.6. The molecule has 0 heterocycles. The number of carbonyl (C=O) groups is 1. The summed E-state index contributed by atoms with van der Waals surface area (Å²) < 4.78 is 5.62. The third kappa shape index (κ3) is 1.50. The molecule has 0 aromatic carbocycles. The molecule has 3 saturated carbocycles. The Bertz CT molecular complexity index is 394. The summed E-state index contributed by atoms with van der Waals surface area (Å²) in [4.78, 5) is 12.1. The van der Waals surface area contributed by atoms with Gasteiger partial charge in [0.1, 0.15) is 5.78 Å². The molecule has 0 aliphatic heterocycles. The summed E-state index contributed by atoms with van der Waals surface area (Å²) in [7, 11) is 1.80. The van der Waals surface area contributed by atoms with Crippen LogP contribution >= 0.6 is 0 Å². The molecule has 3 rings (SSSR count). The summed E-state index contributed by atoms with van der Waals surface area (Å²) in [5, 5.41) is 0. The first-order valence-corrected chi connectivity index (χ1v) is 6.98. The SMILES string of the molecule is C#C[C@@H](C(=O)CC)C12CC[C@@H](OC)C(C)(C1)[C@@H]2C. The minimum absolute atomic E-state index is 0.0472. The second-order valence-electron chi connectivity index (χ2n) is 6.32. The fourth-order valence-electron chi connectivity index (χ4n) is 4.64. The van der Waals surface area contributed by atoms with Crippen molar-refractivity contribution in [2.45, 2.75) is 52.6 Å². The number of carbonyl (C=O) groups excluding carboxylic acids is 1. The van der Waals surface area contributed by atoms with Crippen molar-refractivity contribution in [3.63, 3.8) is 0 Å². The molecule has 100 valence electrons. The van der Waals surface area contributed by atoms with Gasteiger partial charge in [0, 0.05) is 13.5 Å². The van der Waals surface area contributed by atoms with Crippen LogP contribution in [0.25, 0.3) is 0 Å². The first-order chi connectivity index (χ1) is 8.46. The molecule has 0 aromatic heterocycles. The van der Waals surface area contributed by atoms with Gasteiger partial charge in [0.2, 0.25) is 0 Å². The number of hydrogen-bond acceptors (Lipinski definition) is 2. The van der Waals surface area contributed by atoms with Crippen molar-refractivity contribution in [2.24, 2.45) is 22.7 Å². The number of methoxy groups -OCH3 is 1. The monoisotopic (exact) mass is 248 g/mol. The number of rotatable bonds is 4. The van der Waals surface area contributed by atoms with Gasteiger partial charge in [-0.25, -0.2) is 0 Å². The van der Waals surface area contributed by atoms with Crippen molar-refractivity contribution < 1.29 is 9.53 Å². The fourth-order valence-corrected chi connectivity index (χ4v) is 4.64. The lowest BCUT2D eigenvalue weighted by Gasteiger charge is -2.69. The lowest BCUT2D eigenvalue weighted by atomic mass is 9.36. The Morgan fingerprint density at radius 3 is 2.72 bits per heavy atom. The van der Waals surface area contributed by atoms with Gasteiger partial charge in [-0.15, -0.1) is 6.42 Å². The van der Waals surface area contributed by atoms with Crippen LogP contribution in [-0.4, -0.2) is 19.0 Å². The maximum atomic E-state index is 12.1. The largest absolute Gasteiger partial charge is 0.381 e. The van der Waals surface area contributed by atoms with E-state index in [9.17, 15) is 4.79 Å². The summed E-state index contributed by atoms with van der Waals surface area (Å²) in [6.45, 7) is 6.45. The predicted molar refractivity (Wildman–Crippen MR) is 72.0 cm³/mol. The molecule has 3 aliphatic rings. The molecular weight excluding hydrogens is 224 g/mol. The van der Waals surface area contributed by atoms with Crippen molar-refractivity contribution in [3.05, 3.63) is 0 Å². The van der Waals surface area contributed by atoms with E-state index in [0.717, 1.165) is 19.3 Å². The first-order valence-electron chi connectivity index (χ1n) is 6.98. The Balaban J connectivity index is 2.27. The van der Waals surface area contributed by atoms with Crippen molar-refractivity contribution >= 4 is 5.78 Å².